The summed E-state index contributed by atoms with van der Waals surface area (Å²) in [6.45, 7) is 4.07. The molecule has 2 aromatic rings. The molecule has 0 bridgehead atoms. The van der Waals surface area contributed by atoms with Crippen LogP contribution in [0.1, 0.15) is 32.2 Å². The SMILES string of the molecule is CCC(C)[C@H](N)c1nc(-c2cc(F)cc(Br)c2)no1. The van der Waals surface area contributed by atoms with Crippen LogP contribution in [0.5, 0.6) is 0 Å². The highest BCUT2D eigenvalue weighted by Crippen LogP contribution is 2.25. The van der Waals surface area contributed by atoms with Gasteiger partial charge in [-0.15, -0.1) is 0 Å². The summed E-state index contributed by atoms with van der Waals surface area (Å²) in [4.78, 5) is 4.24. The molecular weight excluding hydrogens is 313 g/mol. The standard InChI is InChI=1S/C13H15BrFN3O/c1-3-7(2)11(16)13-17-12(18-19-13)8-4-9(14)6-10(15)5-8/h4-7,11H,3,16H2,1-2H3/t7?,11-/m0/s1. The highest BCUT2D eigenvalue weighted by molar-refractivity contribution is 9.10. The first-order valence-electron chi connectivity index (χ1n) is 6.07. The van der Waals surface area contributed by atoms with Crippen LogP contribution in [0.4, 0.5) is 4.39 Å². The van der Waals surface area contributed by atoms with Gasteiger partial charge in [-0.25, -0.2) is 4.39 Å². The number of nitrogens with zero attached hydrogens (tertiary/aromatic N) is 2. The molecule has 0 aliphatic rings. The second kappa shape index (κ2) is 5.79. The van der Waals surface area contributed by atoms with E-state index in [0.29, 0.717) is 21.8 Å². The molecule has 0 saturated heterocycles. The number of hydrogen-bond acceptors (Lipinski definition) is 4. The molecule has 1 aromatic heterocycles. The van der Waals surface area contributed by atoms with Crippen molar-refractivity contribution < 1.29 is 8.91 Å². The van der Waals surface area contributed by atoms with E-state index in [0.717, 1.165) is 6.42 Å². The van der Waals surface area contributed by atoms with E-state index in [9.17, 15) is 4.39 Å². The van der Waals surface area contributed by atoms with Crippen LogP contribution in [0.2, 0.25) is 0 Å². The Morgan fingerprint density at radius 2 is 2.16 bits per heavy atom. The van der Waals surface area contributed by atoms with Gasteiger partial charge in [0.1, 0.15) is 5.82 Å². The van der Waals surface area contributed by atoms with E-state index >= 15 is 0 Å². The quantitative estimate of drug-likeness (QED) is 0.930. The van der Waals surface area contributed by atoms with Gasteiger partial charge in [0.05, 0.1) is 6.04 Å². The molecule has 6 heteroatoms. The fourth-order valence-corrected chi connectivity index (χ4v) is 2.13. The molecule has 0 aliphatic heterocycles. The molecule has 1 aromatic carbocycles. The molecule has 0 aliphatic carbocycles. The lowest BCUT2D eigenvalue weighted by molar-refractivity contribution is 0.312. The van der Waals surface area contributed by atoms with E-state index < -0.39 is 0 Å². The molecule has 0 saturated carbocycles. The highest BCUT2D eigenvalue weighted by Gasteiger charge is 2.20. The third kappa shape index (κ3) is 3.19. The Bertz CT molecular complexity index is 553. The lowest BCUT2D eigenvalue weighted by Crippen LogP contribution is -2.18. The van der Waals surface area contributed by atoms with Crippen molar-refractivity contribution in [3.05, 3.63) is 34.4 Å². The summed E-state index contributed by atoms with van der Waals surface area (Å²) in [7, 11) is 0. The van der Waals surface area contributed by atoms with Gasteiger partial charge in [0.2, 0.25) is 11.7 Å². The van der Waals surface area contributed by atoms with E-state index in [4.69, 9.17) is 10.3 Å². The van der Waals surface area contributed by atoms with E-state index in [1.54, 1.807) is 6.07 Å². The van der Waals surface area contributed by atoms with Gasteiger partial charge in [-0.05, 0) is 24.1 Å². The molecular formula is C13H15BrFN3O. The van der Waals surface area contributed by atoms with E-state index in [-0.39, 0.29) is 17.8 Å². The van der Waals surface area contributed by atoms with Crippen LogP contribution in [0.25, 0.3) is 11.4 Å². The Morgan fingerprint density at radius 3 is 2.79 bits per heavy atom. The zero-order valence-electron chi connectivity index (χ0n) is 10.7. The molecule has 1 heterocycles. The highest BCUT2D eigenvalue weighted by atomic mass is 79.9. The van der Waals surface area contributed by atoms with Gasteiger partial charge < -0.3 is 10.3 Å². The number of hydrogen-bond donors (Lipinski definition) is 1. The zero-order valence-corrected chi connectivity index (χ0v) is 12.3. The van der Waals surface area contributed by atoms with Crippen LogP contribution in [0.15, 0.2) is 27.2 Å². The summed E-state index contributed by atoms with van der Waals surface area (Å²) < 4.78 is 19.1. The van der Waals surface area contributed by atoms with Crippen molar-refractivity contribution in [1.82, 2.24) is 10.1 Å². The van der Waals surface area contributed by atoms with Crippen molar-refractivity contribution in [1.29, 1.82) is 0 Å². The van der Waals surface area contributed by atoms with Crippen molar-refractivity contribution >= 4 is 15.9 Å². The Hall–Kier alpha value is -1.27. The molecule has 1 unspecified atom stereocenters. The number of nitrogens with two attached hydrogens (primary N) is 1. The van der Waals surface area contributed by atoms with Crippen LogP contribution in [-0.2, 0) is 0 Å². The summed E-state index contributed by atoms with van der Waals surface area (Å²) in [6, 6.07) is 4.15. The molecule has 2 N–H and O–H groups in total. The number of halogens is 2. The summed E-state index contributed by atoms with van der Waals surface area (Å²) >= 11 is 3.23. The van der Waals surface area contributed by atoms with Gasteiger partial charge >= 0.3 is 0 Å². The molecule has 0 spiro atoms. The molecule has 0 amide bonds. The number of rotatable bonds is 4. The average Bonchev–Trinajstić information content (AvgIpc) is 2.85. The molecule has 0 fully saturated rings. The van der Waals surface area contributed by atoms with Gasteiger partial charge in [0.25, 0.3) is 0 Å². The first-order chi connectivity index (χ1) is 9.01. The van der Waals surface area contributed by atoms with Crippen LogP contribution in [-0.4, -0.2) is 10.1 Å². The summed E-state index contributed by atoms with van der Waals surface area (Å²) in [6.07, 6.45) is 0.921. The minimum Gasteiger partial charge on any atom is -0.337 e. The van der Waals surface area contributed by atoms with Crippen LogP contribution >= 0.6 is 15.9 Å². The second-order valence-electron chi connectivity index (χ2n) is 4.53. The molecule has 19 heavy (non-hydrogen) atoms. The maximum absolute atomic E-state index is 13.3. The van der Waals surface area contributed by atoms with Gasteiger partial charge in [0, 0.05) is 10.0 Å². The molecule has 102 valence electrons. The van der Waals surface area contributed by atoms with Gasteiger partial charge in [-0.3, -0.25) is 0 Å². The van der Waals surface area contributed by atoms with Gasteiger partial charge in [-0.2, -0.15) is 4.98 Å². The largest absolute Gasteiger partial charge is 0.337 e. The Morgan fingerprint density at radius 1 is 1.42 bits per heavy atom. The molecule has 4 nitrogen and oxygen atoms in total. The first kappa shape index (κ1) is 14.1. The summed E-state index contributed by atoms with van der Waals surface area (Å²) in [5, 5.41) is 3.85. The van der Waals surface area contributed by atoms with Crippen LogP contribution in [0.3, 0.4) is 0 Å². The van der Waals surface area contributed by atoms with Crippen molar-refractivity contribution in [3.63, 3.8) is 0 Å². The Kier molecular flexibility index (Phi) is 4.31. The third-order valence-electron chi connectivity index (χ3n) is 3.10. The summed E-state index contributed by atoms with van der Waals surface area (Å²) in [5.41, 5.74) is 6.57. The molecule has 0 radical (unpaired) electrons. The number of aromatic nitrogens is 2. The Labute approximate surface area is 119 Å². The average molecular weight is 328 g/mol. The lowest BCUT2D eigenvalue weighted by atomic mass is 10.0. The lowest BCUT2D eigenvalue weighted by Gasteiger charge is -2.12. The summed E-state index contributed by atoms with van der Waals surface area (Å²) in [5.74, 6) is 0.605. The fraction of sp³-hybridized carbons (Fsp3) is 0.385. The fourth-order valence-electron chi connectivity index (χ4n) is 1.67. The topological polar surface area (TPSA) is 64.9 Å². The Balaban J connectivity index is 2.30. The van der Waals surface area contributed by atoms with Crippen molar-refractivity contribution in [2.75, 3.05) is 0 Å². The van der Waals surface area contributed by atoms with E-state index in [1.807, 2.05) is 13.8 Å². The predicted octanol–water partition coefficient (Wildman–Crippen LogP) is 3.68. The van der Waals surface area contributed by atoms with Crippen molar-refractivity contribution in [3.8, 4) is 11.4 Å². The maximum atomic E-state index is 13.3. The van der Waals surface area contributed by atoms with Crippen LogP contribution < -0.4 is 5.73 Å². The van der Waals surface area contributed by atoms with Crippen molar-refractivity contribution in [2.45, 2.75) is 26.3 Å². The smallest absolute Gasteiger partial charge is 0.244 e. The monoisotopic (exact) mass is 327 g/mol. The predicted molar refractivity (Wildman–Crippen MR) is 73.8 cm³/mol. The minimum absolute atomic E-state index is 0.243. The zero-order chi connectivity index (χ0) is 14.0. The third-order valence-corrected chi connectivity index (χ3v) is 3.56. The molecule has 2 rings (SSSR count). The maximum Gasteiger partial charge on any atom is 0.244 e. The number of benzene rings is 1. The molecule has 2 atom stereocenters. The van der Waals surface area contributed by atoms with Gasteiger partial charge in [-0.1, -0.05) is 41.4 Å². The normalized spacial score (nSPS) is 14.4. The van der Waals surface area contributed by atoms with Crippen molar-refractivity contribution in [2.24, 2.45) is 11.7 Å². The van der Waals surface area contributed by atoms with Crippen LogP contribution in [0, 0.1) is 11.7 Å². The van der Waals surface area contributed by atoms with E-state index in [2.05, 4.69) is 26.1 Å². The first-order valence-corrected chi connectivity index (χ1v) is 6.86. The van der Waals surface area contributed by atoms with E-state index in [1.165, 1.54) is 12.1 Å². The minimum atomic E-state index is -0.359. The van der Waals surface area contributed by atoms with Gasteiger partial charge in [0.15, 0.2) is 0 Å². The second-order valence-corrected chi connectivity index (χ2v) is 5.44.